The van der Waals surface area contributed by atoms with Crippen molar-refractivity contribution in [2.24, 2.45) is 5.73 Å². The Balaban J connectivity index is 2.31. The average Bonchev–Trinajstić information content (AvgIpc) is 2.46. The van der Waals surface area contributed by atoms with Crippen LogP contribution in [0.2, 0.25) is 0 Å². The number of hydrogen-bond donors (Lipinski definition) is 2. The van der Waals surface area contributed by atoms with Gasteiger partial charge in [0.25, 0.3) is 0 Å². The first-order chi connectivity index (χ1) is 9.61. The molecular formula is C16H17BrN2S. The molecule has 1 unspecified atom stereocenters. The summed E-state index contributed by atoms with van der Waals surface area (Å²) in [4.78, 5) is 0.400. The van der Waals surface area contributed by atoms with E-state index in [1.807, 2.05) is 24.3 Å². The van der Waals surface area contributed by atoms with Crippen LogP contribution in [0.5, 0.6) is 0 Å². The highest BCUT2D eigenvalue weighted by molar-refractivity contribution is 9.10. The van der Waals surface area contributed by atoms with Crippen molar-refractivity contribution in [3.8, 4) is 0 Å². The van der Waals surface area contributed by atoms with E-state index in [1.165, 1.54) is 5.56 Å². The quantitative estimate of drug-likeness (QED) is 0.772. The van der Waals surface area contributed by atoms with Crippen LogP contribution in [-0.4, -0.2) is 4.99 Å². The van der Waals surface area contributed by atoms with Gasteiger partial charge in [0.1, 0.15) is 4.99 Å². The molecule has 1 atom stereocenters. The van der Waals surface area contributed by atoms with Crippen LogP contribution < -0.4 is 11.1 Å². The number of rotatable bonds is 5. The van der Waals surface area contributed by atoms with Crippen LogP contribution in [0.15, 0.2) is 53.0 Å². The molecule has 0 saturated carbocycles. The first-order valence-corrected chi connectivity index (χ1v) is 7.72. The monoisotopic (exact) mass is 348 g/mol. The van der Waals surface area contributed by atoms with E-state index >= 15 is 0 Å². The third-order valence-electron chi connectivity index (χ3n) is 3.19. The smallest absolute Gasteiger partial charge is 0.106 e. The Morgan fingerprint density at radius 3 is 2.55 bits per heavy atom. The fourth-order valence-electron chi connectivity index (χ4n) is 2.14. The van der Waals surface area contributed by atoms with Gasteiger partial charge in [0, 0.05) is 15.7 Å². The van der Waals surface area contributed by atoms with Gasteiger partial charge < -0.3 is 11.1 Å². The van der Waals surface area contributed by atoms with Gasteiger partial charge in [0.2, 0.25) is 0 Å². The molecule has 4 heteroatoms. The first kappa shape index (κ1) is 15.0. The maximum absolute atomic E-state index is 5.81. The normalized spacial score (nSPS) is 11.9. The zero-order valence-corrected chi connectivity index (χ0v) is 13.7. The van der Waals surface area contributed by atoms with Gasteiger partial charge in [-0.25, -0.2) is 0 Å². The zero-order chi connectivity index (χ0) is 14.5. The summed E-state index contributed by atoms with van der Waals surface area (Å²) >= 11 is 8.58. The highest BCUT2D eigenvalue weighted by atomic mass is 79.9. The number of nitrogens with one attached hydrogen (secondary N) is 1. The second kappa shape index (κ2) is 6.86. The summed E-state index contributed by atoms with van der Waals surface area (Å²) < 4.78 is 0.971. The number of nitrogens with two attached hydrogens (primary N) is 1. The minimum absolute atomic E-state index is 0.241. The lowest BCUT2D eigenvalue weighted by molar-refractivity contribution is 0.749. The second-order valence-corrected chi connectivity index (χ2v) is 5.93. The molecule has 104 valence electrons. The van der Waals surface area contributed by atoms with Gasteiger partial charge in [-0.05, 0) is 30.2 Å². The van der Waals surface area contributed by atoms with Crippen LogP contribution >= 0.6 is 28.1 Å². The van der Waals surface area contributed by atoms with E-state index in [-0.39, 0.29) is 6.04 Å². The minimum Gasteiger partial charge on any atom is -0.389 e. The van der Waals surface area contributed by atoms with Gasteiger partial charge in [0.15, 0.2) is 0 Å². The van der Waals surface area contributed by atoms with Gasteiger partial charge in [-0.2, -0.15) is 0 Å². The molecule has 0 spiro atoms. The lowest BCUT2D eigenvalue weighted by atomic mass is 10.0. The molecular weight excluding hydrogens is 332 g/mol. The Kier molecular flexibility index (Phi) is 5.15. The SMILES string of the molecule is CCC(Nc1ccc(Br)cc1C(N)=S)c1ccccc1. The van der Waals surface area contributed by atoms with Gasteiger partial charge in [-0.1, -0.05) is 65.4 Å². The Morgan fingerprint density at radius 1 is 1.25 bits per heavy atom. The largest absolute Gasteiger partial charge is 0.389 e. The molecule has 0 fully saturated rings. The molecule has 2 nitrogen and oxygen atoms in total. The van der Waals surface area contributed by atoms with Crippen molar-refractivity contribution in [1.82, 2.24) is 0 Å². The fraction of sp³-hybridized carbons (Fsp3) is 0.188. The van der Waals surface area contributed by atoms with Gasteiger partial charge in [-0.3, -0.25) is 0 Å². The molecule has 20 heavy (non-hydrogen) atoms. The Labute approximate surface area is 133 Å². The number of halogens is 1. The van der Waals surface area contributed by atoms with E-state index in [4.69, 9.17) is 18.0 Å². The molecule has 2 aromatic carbocycles. The molecule has 0 aromatic heterocycles. The number of hydrogen-bond acceptors (Lipinski definition) is 2. The van der Waals surface area contributed by atoms with E-state index in [2.05, 4.69) is 52.4 Å². The van der Waals surface area contributed by atoms with Crippen molar-refractivity contribution >= 4 is 38.8 Å². The Hall–Kier alpha value is -1.39. The van der Waals surface area contributed by atoms with Gasteiger partial charge >= 0.3 is 0 Å². The standard InChI is InChI=1S/C16H17BrN2S/c1-2-14(11-6-4-3-5-7-11)19-15-9-8-12(17)10-13(15)16(18)20/h3-10,14,19H,2H2,1H3,(H2,18,20). The summed E-state index contributed by atoms with van der Waals surface area (Å²) in [5, 5.41) is 3.53. The van der Waals surface area contributed by atoms with E-state index in [1.54, 1.807) is 0 Å². The van der Waals surface area contributed by atoms with Gasteiger partial charge in [0.05, 0.1) is 6.04 Å². The summed E-state index contributed by atoms with van der Waals surface area (Å²) in [6.45, 7) is 2.16. The molecule has 3 N–H and O–H groups in total. The predicted molar refractivity (Wildman–Crippen MR) is 93.1 cm³/mol. The number of anilines is 1. The molecule has 2 aromatic rings. The summed E-state index contributed by atoms with van der Waals surface area (Å²) in [6, 6.07) is 16.6. The van der Waals surface area contributed by atoms with Crippen molar-refractivity contribution < 1.29 is 0 Å². The maximum atomic E-state index is 5.81. The van der Waals surface area contributed by atoms with E-state index in [0.717, 1.165) is 22.1 Å². The maximum Gasteiger partial charge on any atom is 0.106 e. The predicted octanol–water partition coefficient (Wildman–Crippen LogP) is 4.65. The molecule has 0 saturated heterocycles. The van der Waals surface area contributed by atoms with E-state index in [0.29, 0.717) is 4.99 Å². The summed E-state index contributed by atoms with van der Waals surface area (Å²) in [7, 11) is 0. The molecule has 0 heterocycles. The lowest BCUT2D eigenvalue weighted by Gasteiger charge is -2.21. The Morgan fingerprint density at radius 2 is 1.95 bits per heavy atom. The summed E-state index contributed by atoms with van der Waals surface area (Å²) in [5.74, 6) is 0. The first-order valence-electron chi connectivity index (χ1n) is 6.52. The molecule has 0 aliphatic heterocycles. The third-order valence-corrected chi connectivity index (χ3v) is 3.90. The molecule has 0 aliphatic rings. The van der Waals surface area contributed by atoms with Crippen LogP contribution in [0.4, 0.5) is 5.69 Å². The zero-order valence-electron chi connectivity index (χ0n) is 11.3. The lowest BCUT2D eigenvalue weighted by Crippen LogP contribution is -2.16. The van der Waals surface area contributed by atoms with Crippen molar-refractivity contribution in [2.75, 3.05) is 5.32 Å². The van der Waals surface area contributed by atoms with Crippen LogP contribution in [0.25, 0.3) is 0 Å². The molecule has 0 aliphatic carbocycles. The molecule has 0 bridgehead atoms. The van der Waals surface area contributed by atoms with E-state index < -0.39 is 0 Å². The molecule has 2 rings (SSSR count). The van der Waals surface area contributed by atoms with Crippen molar-refractivity contribution in [1.29, 1.82) is 0 Å². The average molecular weight is 349 g/mol. The number of benzene rings is 2. The van der Waals surface area contributed by atoms with Crippen molar-refractivity contribution in [3.63, 3.8) is 0 Å². The topological polar surface area (TPSA) is 38.0 Å². The molecule has 0 radical (unpaired) electrons. The molecule has 0 amide bonds. The number of thiocarbonyl (C=S) groups is 1. The summed E-state index contributed by atoms with van der Waals surface area (Å²) in [5.41, 5.74) is 8.90. The second-order valence-electron chi connectivity index (χ2n) is 4.57. The third kappa shape index (κ3) is 3.58. The van der Waals surface area contributed by atoms with Crippen LogP contribution in [0.1, 0.15) is 30.5 Å². The van der Waals surface area contributed by atoms with Crippen LogP contribution in [0, 0.1) is 0 Å². The summed E-state index contributed by atoms with van der Waals surface area (Å²) in [6.07, 6.45) is 0.983. The fourth-order valence-corrected chi connectivity index (χ4v) is 2.67. The van der Waals surface area contributed by atoms with E-state index in [9.17, 15) is 0 Å². The Bertz CT molecular complexity index is 599. The highest BCUT2D eigenvalue weighted by Gasteiger charge is 2.12. The van der Waals surface area contributed by atoms with Gasteiger partial charge in [-0.15, -0.1) is 0 Å². The van der Waals surface area contributed by atoms with Crippen molar-refractivity contribution in [2.45, 2.75) is 19.4 Å². The van der Waals surface area contributed by atoms with Crippen LogP contribution in [0.3, 0.4) is 0 Å². The van der Waals surface area contributed by atoms with Crippen molar-refractivity contribution in [3.05, 3.63) is 64.1 Å². The highest BCUT2D eigenvalue weighted by Crippen LogP contribution is 2.27. The van der Waals surface area contributed by atoms with Crippen LogP contribution in [-0.2, 0) is 0 Å². The minimum atomic E-state index is 0.241.